The third kappa shape index (κ3) is 6.01. The number of piperidine rings is 1. The number of amides is 2. The van der Waals surface area contributed by atoms with Gasteiger partial charge < -0.3 is 24.1 Å². The van der Waals surface area contributed by atoms with Crippen LogP contribution in [0.4, 0.5) is 0 Å². The van der Waals surface area contributed by atoms with Crippen molar-refractivity contribution in [3.8, 4) is 17.6 Å². The molecule has 0 saturated carbocycles. The molecule has 2 heterocycles. The molecule has 1 aliphatic heterocycles. The van der Waals surface area contributed by atoms with E-state index in [1.165, 1.54) is 7.11 Å². The summed E-state index contributed by atoms with van der Waals surface area (Å²) >= 11 is 0. The van der Waals surface area contributed by atoms with Crippen LogP contribution >= 0.6 is 0 Å². The first-order chi connectivity index (χ1) is 15.0. The SMILES string of the molecule is COc1cc(C#N)ccc1OCCCC(=O)N1CCC(NC(=O)c2ccc(C)o2)CC1. The number of carbonyl (C=O) groups excluding carboxylic acids is 2. The molecule has 0 radical (unpaired) electrons. The number of ether oxygens (including phenoxy) is 2. The van der Waals surface area contributed by atoms with Gasteiger partial charge in [-0.25, -0.2) is 0 Å². The van der Waals surface area contributed by atoms with E-state index in [0.29, 0.717) is 61.1 Å². The first-order valence-corrected chi connectivity index (χ1v) is 10.4. The lowest BCUT2D eigenvalue weighted by Crippen LogP contribution is -2.46. The number of benzene rings is 1. The van der Waals surface area contributed by atoms with Crippen molar-refractivity contribution < 1.29 is 23.5 Å². The molecule has 1 aromatic carbocycles. The van der Waals surface area contributed by atoms with E-state index in [9.17, 15) is 9.59 Å². The average molecular weight is 425 g/mol. The number of nitrogens with zero attached hydrogens (tertiary/aromatic N) is 2. The Morgan fingerprint density at radius 3 is 2.65 bits per heavy atom. The Hall–Kier alpha value is -3.47. The summed E-state index contributed by atoms with van der Waals surface area (Å²) in [6, 6.07) is 10.5. The zero-order valence-electron chi connectivity index (χ0n) is 17.8. The number of aryl methyl sites for hydroxylation is 1. The topological polar surface area (TPSA) is 105 Å². The van der Waals surface area contributed by atoms with E-state index in [1.807, 2.05) is 4.90 Å². The largest absolute Gasteiger partial charge is 0.493 e. The number of nitriles is 1. The molecule has 0 bridgehead atoms. The van der Waals surface area contributed by atoms with Gasteiger partial charge in [0.2, 0.25) is 5.91 Å². The van der Waals surface area contributed by atoms with Gasteiger partial charge in [0.05, 0.1) is 25.3 Å². The molecule has 1 aromatic heterocycles. The maximum Gasteiger partial charge on any atom is 0.287 e. The van der Waals surface area contributed by atoms with Crippen LogP contribution in [0.1, 0.15) is 47.6 Å². The van der Waals surface area contributed by atoms with E-state index in [-0.39, 0.29) is 17.9 Å². The number of nitrogens with one attached hydrogen (secondary N) is 1. The molecule has 31 heavy (non-hydrogen) atoms. The van der Waals surface area contributed by atoms with Gasteiger partial charge in [0.1, 0.15) is 5.76 Å². The Balaban J connectivity index is 1.37. The Labute approximate surface area is 181 Å². The molecule has 0 spiro atoms. The van der Waals surface area contributed by atoms with Crippen LogP contribution in [0, 0.1) is 18.3 Å². The Kier molecular flexibility index (Phi) is 7.55. The van der Waals surface area contributed by atoms with Gasteiger partial charge in [0, 0.05) is 31.6 Å². The number of rotatable bonds is 8. The first kappa shape index (κ1) is 22.2. The van der Waals surface area contributed by atoms with Crippen LogP contribution in [0.15, 0.2) is 34.7 Å². The van der Waals surface area contributed by atoms with Crippen molar-refractivity contribution in [1.29, 1.82) is 5.26 Å². The van der Waals surface area contributed by atoms with Gasteiger partial charge in [0.15, 0.2) is 17.3 Å². The van der Waals surface area contributed by atoms with Gasteiger partial charge in [-0.1, -0.05) is 0 Å². The lowest BCUT2D eigenvalue weighted by Gasteiger charge is -2.32. The van der Waals surface area contributed by atoms with Gasteiger partial charge in [-0.3, -0.25) is 9.59 Å². The highest BCUT2D eigenvalue weighted by molar-refractivity contribution is 5.91. The monoisotopic (exact) mass is 425 g/mol. The number of hydrogen-bond acceptors (Lipinski definition) is 6. The fraction of sp³-hybridized carbons (Fsp3) is 0.435. The highest BCUT2D eigenvalue weighted by Gasteiger charge is 2.24. The van der Waals surface area contributed by atoms with E-state index in [1.54, 1.807) is 37.3 Å². The van der Waals surface area contributed by atoms with Crippen LogP contribution in [0.2, 0.25) is 0 Å². The van der Waals surface area contributed by atoms with Gasteiger partial charge >= 0.3 is 0 Å². The molecule has 1 saturated heterocycles. The molecule has 8 heteroatoms. The highest BCUT2D eigenvalue weighted by atomic mass is 16.5. The van der Waals surface area contributed by atoms with Crippen molar-refractivity contribution in [2.75, 3.05) is 26.8 Å². The molecular weight excluding hydrogens is 398 g/mol. The maximum atomic E-state index is 12.5. The van der Waals surface area contributed by atoms with E-state index >= 15 is 0 Å². The molecule has 0 atom stereocenters. The minimum absolute atomic E-state index is 0.0362. The molecule has 0 aliphatic carbocycles. The molecule has 3 rings (SSSR count). The van der Waals surface area contributed by atoms with Crippen LogP contribution in [0.25, 0.3) is 0 Å². The smallest absolute Gasteiger partial charge is 0.287 e. The van der Waals surface area contributed by atoms with Crippen LogP contribution in [0.5, 0.6) is 11.5 Å². The summed E-state index contributed by atoms with van der Waals surface area (Å²) < 4.78 is 16.3. The number of hydrogen-bond donors (Lipinski definition) is 1. The summed E-state index contributed by atoms with van der Waals surface area (Å²) in [5.41, 5.74) is 0.498. The zero-order chi connectivity index (χ0) is 22.2. The van der Waals surface area contributed by atoms with E-state index < -0.39 is 0 Å². The Morgan fingerprint density at radius 1 is 1.23 bits per heavy atom. The van der Waals surface area contributed by atoms with E-state index in [2.05, 4.69) is 11.4 Å². The number of furan rings is 1. The van der Waals surface area contributed by atoms with Gasteiger partial charge in [0.25, 0.3) is 5.91 Å². The lowest BCUT2D eigenvalue weighted by molar-refractivity contribution is -0.132. The zero-order valence-corrected chi connectivity index (χ0v) is 17.8. The van der Waals surface area contributed by atoms with Crippen molar-refractivity contribution in [2.24, 2.45) is 0 Å². The molecule has 2 aromatic rings. The van der Waals surface area contributed by atoms with Crippen LogP contribution in [0.3, 0.4) is 0 Å². The highest BCUT2D eigenvalue weighted by Crippen LogP contribution is 2.28. The lowest BCUT2D eigenvalue weighted by atomic mass is 10.0. The third-order valence-corrected chi connectivity index (χ3v) is 5.23. The predicted octanol–water partition coefficient (Wildman–Crippen LogP) is 3.05. The molecule has 1 aliphatic rings. The standard InChI is InChI=1S/C23H27N3O5/c1-16-5-7-20(31-16)23(28)25-18-9-11-26(12-10-18)22(27)4-3-13-30-19-8-6-17(15-24)14-21(19)29-2/h5-8,14,18H,3-4,9-13H2,1-2H3,(H,25,28). The Morgan fingerprint density at radius 2 is 2.00 bits per heavy atom. The predicted molar refractivity (Wildman–Crippen MR) is 113 cm³/mol. The quantitative estimate of drug-likeness (QED) is 0.652. The summed E-state index contributed by atoms with van der Waals surface area (Å²) in [4.78, 5) is 26.5. The van der Waals surface area contributed by atoms with Gasteiger partial charge in [-0.15, -0.1) is 0 Å². The maximum absolute atomic E-state index is 12.5. The van der Waals surface area contributed by atoms with Crippen molar-refractivity contribution >= 4 is 11.8 Å². The van der Waals surface area contributed by atoms with Crippen molar-refractivity contribution in [3.05, 3.63) is 47.4 Å². The van der Waals surface area contributed by atoms with Crippen molar-refractivity contribution in [1.82, 2.24) is 10.2 Å². The average Bonchev–Trinajstić information content (AvgIpc) is 3.23. The Bertz CT molecular complexity index is 954. The molecule has 164 valence electrons. The summed E-state index contributed by atoms with van der Waals surface area (Å²) in [5.74, 6) is 1.94. The number of likely N-dealkylation sites (tertiary alicyclic amines) is 1. The molecule has 2 amide bonds. The summed E-state index contributed by atoms with van der Waals surface area (Å²) in [5, 5.41) is 11.9. The fourth-order valence-electron chi connectivity index (χ4n) is 3.51. The summed E-state index contributed by atoms with van der Waals surface area (Å²) in [6.07, 6.45) is 2.41. The van der Waals surface area contributed by atoms with E-state index in [4.69, 9.17) is 19.2 Å². The first-order valence-electron chi connectivity index (χ1n) is 10.4. The van der Waals surface area contributed by atoms with Crippen LogP contribution in [-0.2, 0) is 4.79 Å². The molecule has 1 N–H and O–H groups in total. The van der Waals surface area contributed by atoms with Gasteiger partial charge in [-0.2, -0.15) is 5.26 Å². The molecule has 8 nitrogen and oxygen atoms in total. The van der Waals surface area contributed by atoms with E-state index in [0.717, 1.165) is 12.8 Å². The minimum atomic E-state index is -0.215. The molecule has 1 fully saturated rings. The normalized spacial score (nSPS) is 14.0. The summed E-state index contributed by atoms with van der Waals surface area (Å²) in [7, 11) is 1.52. The second-order valence-corrected chi connectivity index (χ2v) is 7.47. The molecular formula is C23H27N3O5. The van der Waals surface area contributed by atoms with Crippen molar-refractivity contribution in [3.63, 3.8) is 0 Å². The second-order valence-electron chi connectivity index (χ2n) is 7.47. The van der Waals surface area contributed by atoms with Crippen LogP contribution < -0.4 is 14.8 Å². The summed E-state index contributed by atoms with van der Waals surface area (Å²) in [6.45, 7) is 3.41. The molecule has 0 unspecified atom stereocenters. The fourth-order valence-corrected chi connectivity index (χ4v) is 3.51. The number of methoxy groups -OCH3 is 1. The third-order valence-electron chi connectivity index (χ3n) is 5.23. The van der Waals surface area contributed by atoms with Crippen molar-refractivity contribution in [2.45, 2.75) is 38.6 Å². The number of carbonyl (C=O) groups is 2. The second kappa shape index (κ2) is 10.5. The van der Waals surface area contributed by atoms with Gasteiger partial charge in [-0.05, 0) is 50.5 Å². The minimum Gasteiger partial charge on any atom is -0.493 e. The van der Waals surface area contributed by atoms with Crippen LogP contribution in [-0.4, -0.2) is 49.6 Å².